The first-order valence-corrected chi connectivity index (χ1v) is 10.7. The fraction of sp³-hybridized carbons (Fsp3) is 0.385. The minimum Gasteiger partial charge on any atom is -0.406 e. The SMILES string of the molecule is CCCCCCCC1(c2ccc(OC(F)(F)F)cc2)C=CC(c2ccccc2)=CC1. The molecule has 0 aromatic heterocycles. The predicted octanol–water partition coefficient (Wildman–Crippen LogP) is 8.23. The summed E-state index contributed by atoms with van der Waals surface area (Å²) in [5.74, 6) is -0.176. The summed E-state index contributed by atoms with van der Waals surface area (Å²) >= 11 is 0. The average Bonchev–Trinajstić information content (AvgIpc) is 2.74. The van der Waals surface area contributed by atoms with Crippen molar-refractivity contribution in [1.82, 2.24) is 0 Å². The molecule has 0 bridgehead atoms. The molecule has 1 aliphatic rings. The van der Waals surface area contributed by atoms with Gasteiger partial charge in [0.1, 0.15) is 5.75 Å². The predicted molar refractivity (Wildman–Crippen MR) is 116 cm³/mol. The van der Waals surface area contributed by atoms with Crippen LogP contribution in [0.5, 0.6) is 5.75 Å². The molecule has 0 aliphatic heterocycles. The van der Waals surface area contributed by atoms with Crippen molar-refractivity contribution in [3.63, 3.8) is 0 Å². The molecule has 0 saturated heterocycles. The lowest BCUT2D eigenvalue weighted by atomic mass is 9.70. The van der Waals surface area contributed by atoms with Crippen molar-refractivity contribution < 1.29 is 17.9 Å². The van der Waals surface area contributed by atoms with Crippen LogP contribution in [0.4, 0.5) is 13.2 Å². The van der Waals surface area contributed by atoms with Crippen molar-refractivity contribution in [2.24, 2.45) is 0 Å². The van der Waals surface area contributed by atoms with Gasteiger partial charge in [0.25, 0.3) is 0 Å². The Bertz CT molecular complexity index is 850. The number of allylic oxidation sites excluding steroid dienone is 4. The summed E-state index contributed by atoms with van der Waals surface area (Å²) in [4.78, 5) is 0. The molecule has 1 aliphatic carbocycles. The van der Waals surface area contributed by atoms with Gasteiger partial charge in [-0.15, -0.1) is 13.2 Å². The maximum Gasteiger partial charge on any atom is 0.573 e. The first kappa shape index (κ1) is 22.2. The number of unbranched alkanes of at least 4 members (excludes halogenated alkanes) is 4. The molecule has 160 valence electrons. The van der Waals surface area contributed by atoms with Gasteiger partial charge in [0, 0.05) is 5.41 Å². The highest BCUT2D eigenvalue weighted by Gasteiger charge is 2.33. The molecule has 30 heavy (non-hydrogen) atoms. The third-order valence-corrected chi connectivity index (χ3v) is 5.76. The van der Waals surface area contributed by atoms with Crippen molar-refractivity contribution in [3.8, 4) is 5.75 Å². The number of ether oxygens (including phenoxy) is 1. The van der Waals surface area contributed by atoms with Crippen LogP contribution < -0.4 is 4.74 Å². The molecule has 1 nitrogen and oxygen atoms in total. The van der Waals surface area contributed by atoms with Crippen LogP contribution in [0.1, 0.15) is 63.0 Å². The monoisotopic (exact) mass is 414 g/mol. The number of benzene rings is 2. The van der Waals surface area contributed by atoms with E-state index in [1.54, 1.807) is 12.1 Å². The summed E-state index contributed by atoms with van der Waals surface area (Å²) in [6.07, 6.45) is 9.73. The van der Waals surface area contributed by atoms with E-state index in [9.17, 15) is 13.2 Å². The zero-order chi connectivity index (χ0) is 21.5. The summed E-state index contributed by atoms with van der Waals surface area (Å²) in [6.45, 7) is 2.20. The van der Waals surface area contributed by atoms with Crippen molar-refractivity contribution in [2.75, 3.05) is 0 Å². The highest BCUT2D eigenvalue weighted by atomic mass is 19.4. The van der Waals surface area contributed by atoms with Gasteiger partial charge in [0.05, 0.1) is 0 Å². The molecule has 0 heterocycles. The van der Waals surface area contributed by atoms with E-state index in [0.29, 0.717) is 0 Å². The Morgan fingerprint density at radius 2 is 1.60 bits per heavy atom. The van der Waals surface area contributed by atoms with Gasteiger partial charge in [0.15, 0.2) is 0 Å². The average molecular weight is 415 g/mol. The lowest BCUT2D eigenvalue weighted by Gasteiger charge is -2.33. The van der Waals surface area contributed by atoms with Gasteiger partial charge in [0.2, 0.25) is 0 Å². The molecule has 2 aromatic rings. The van der Waals surface area contributed by atoms with E-state index < -0.39 is 6.36 Å². The fourth-order valence-corrected chi connectivity index (χ4v) is 4.10. The van der Waals surface area contributed by atoms with Crippen molar-refractivity contribution in [3.05, 3.63) is 84.0 Å². The maximum atomic E-state index is 12.5. The molecular weight excluding hydrogens is 385 g/mol. The van der Waals surface area contributed by atoms with Crippen LogP contribution in [0.2, 0.25) is 0 Å². The molecule has 3 rings (SSSR count). The van der Waals surface area contributed by atoms with Crippen LogP contribution in [0, 0.1) is 0 Å². The van der Waals surface area contributed by atoms with Gasteiger partial charge in [-0.2, -0.15) is 0 Å². The highest BCUT2D eigenvalue weighted by Crippen LogP contribution is 2.41. The fourth-order valence-electron chi connectivity index (χ4n) is 4.10. The molecular formula is C26H29F3O. The van der Waals surface area contributed by atoms with Gasteiger partial charge in [-0.3, -0.25) is 0 Å². The highest BCUT2D eigenvalue weighted by molar-refractivity contribution is 5.75. The van der Waals surface area contributed by atoms with Crippen LogP contribution in [0.25, 0.3) is 5.57 Å². The molecule has 0 spiro atoms. The largest absolute Gasteiger partial charge is 0.573 e. The van der Waals surface area contributed by atoms with E-state index in [2.05, 4.69) is 42.0 Å². The first-order chi connectivity index (χ1) is 14.4. The topological polar surface area (TPSA) is 9.23 Å². The molecule has 1 atom stereocenters. The standard InChI is InChI=1S/C26H29F3O/c1-2-3-4-5-9-18-25(23-12-14-24(15-13-23)30-26(27,28)29)19-16-22(17-20-25)21-10-7-6-8-11-21/h6-8,10-17,19H,2-5,9,18,20H2,1H3. The van der Waals surface area contributed by atoms with Crippen molar-refractivity contribution >= 4 is 5.57 Å². The van der Waals surface area contributed by atoms with Crippen molar-refractivity contribution in [1.29, 1.82) is 0 Å². The van der Waals surface area contributed by atoms with E-state index >= 15 is 0 Å². The Morgan fingerprint density at radius 3 is 2.20 bits per heavy atom. The molecule has 0 N–H and O–H groups in total. The Hall–Kier alpha value is -2.49. The zero-order valence-electron chi connectivity index (χ0n) is 17.4. The quantitative estimate of drug-likeness (QED) is 0.376. The summed E-state index contributed by atoms with van der Waals surface area (Å²) < 4.78 is 41.6. The van der Waals surface area contributed by atoms with Crippen LogP contribution in [-0.4, -0.2) is 6.36 Å². The third-order valence-electron chi connectivity index (χ3n) is 5.76. The van der Waals surface area contributed by atoms with Gasteiger partial charge in [-0.25, -0.2) is 0 Å². The molecule has 0 fully saturated rings. The van der Waals surface area contributed by atoms with Gasteiger partial charge >= 0.3 is 6.36 Å². The molecule has 0 amide bonds. The maximum absolute atomic E-state index is 12.5. The van der Waals surface area contributed by atoms with Crippen LogP contribution in [0.15, 0.2) is 72.8 Å². The third kappa shape index (κ3) is 6.01. The molecule has 2 aromatic carbocycles. The lowest BCUT2D eigenvalue weighted by Crippen LogP contribution is -2.25. The lowest BCUT2D eigenvalue weighted by molar-refractivity contribution is -0.274. The first-order valence-electron chi connectivity index (χ1n) is 10.7. The molecule has 1 unspecified atom stereocenters. The summed E-state index contributed by atoms with van der Waals surface area (Å²) in [5.41, 5.74) is 3.21. The Kier molecular flexibility index (Phi) is 7.41. The Balaban J connectivity index is 1.79. The van der Waals surface area contributed by atoms with E-state index in [1.165, 1.54) is 49.0 Å². The smallest absolute Gasteiger partial charge is 0.406 e. The van der Waals surface area contributed by atoms with E-state index in [0.717, 1.165) is 24.8 Å². The van der Waals surface area contributed by atoms with Crippen molar-refractivity contribution in [2.45, 2.75) is 63.6 Å². The summed E-state index contributed by atoms with van der Waals surface area (Å²) in [7, 11) is 0. The number of rotatable bonds is 9. The van der Waals surface area contributed by atoms with Crippen LogP contribution >= 0.6 is 0 Å². The second-order valence-electron chi connectivity index (χ2n) is 7.96. The Morgan fingerprint density at radius 1 is 0.900 bits per heavy atom. The molecule has 0 radical (unpaired) electrons. The Labute approximate surface area is 177 Å². The number of alkyl halides is 3. The molecule has 4 heteroatoms. The summed E-state index contributed by atoms with van der Waals surface area (Å²) in [5, 5.41) is 0. The second kappa shape index (κ2) is 10.0. The normalized spacial score (nSPS) is 18.9. The number of halogens is 3. The van der Waals surface area contributed by atoms with E-state index in [-0.39, 0.29) is 11.2 Å². The van der Waals surface area contributed by atoms with E-state index in [1.807, 2.05) is 18.2 Å². The van der Waals surface area contributed by atoms with Crippen LogP contribution in [0.3, 0.4) is 0 Å². The number of hydrogen-bond donors (Lipinski definition) is 0. The second-order valence-corrected chi connectivity index (χ2v) is 7.96. The van der Waals surface area contributed by atoms with Gasteiger partial charge in [-0.05, 0) is 41.7 Å². The van der Waals surface area contributed by atoms with Gasteiger partial charge < -0.3 is 4.74 Å². The number of hydrogen-bond acceptors (Lipinski definition) is 1. The molecule has 0 saturated carbocycles. The minimum absolute atomic E-state index is 0.176. The van der Waals surface area contributed by atoms with Gasteiger partial charge in [-0.1, -0.05) is 99.7 Å². The van der Waals surface area contributed by atoms with E-state index in [4.69, 9.17) is 0 Å². The summed E-state index contributed by atoms with van der Waals surface area (Å²) in [6, 6.07) is 16.6. The van der Waals surface area contributed by atoms with Crippen LogP contribution in [-0.2, 0) is 5.41 Å². The minimum atomic E-state index is -4.67. The zero-order valence-corrected chi connectivity index (χ0v) is 17.4.